The molecule has 0 radical (unpaired) electrons. The zero-order valence-electron chi connectivity index (χ0n) is 7.50. The molecule has 0 amide bonds. The van der Waals surface area contributed by atoms with Crippen molar-refractivity contribution in [2.75, 3.05) is 0 Å². The molecule has 4 nitrogen and oxygen atoms in total. The van der Waals surface area contributed by atoms with E-state index in [0.29, 0.717) is 0 Å². The lowest BCUT2D eigenvalue weighted by molar-refractivity contribution is -0.678. The maximum atomic E-state index is 10.6. The van der Waals surface area contributed by atoms with Gasteiger partial charge in [0.15, 0.2) is 5.69 Å². The molecule has 1 aromatic rings. The number of aryl methyl sites for hydroxylation is 1. The third kappa shape index (κ3) is 1.20. The molecule has 0 saturated carbocycles. The van der Waals surface area contributed by atoms with Crippen molar-refractivity contribution in [3.8, 4) is 0 Å². The molecular weight excluding hydrogens is 156 g/mol. The molecule has 0 bridgehead atoms. The Hall–Kier alpha value is -1.32. The summed E-state index contributed by atoms with van der Waals surface area (Å²) in [6.45, 7) is 1.98. The van der Waals surface area contributed by atoms with Crippen LogP contribution in [-0.2, 0) is 20.5 Å². The Kier molecular flexibility index (Phi) is 2.17. The summed E-state index contributed by atoms with van der Waals surface area (Å²) in [5.74, 6) is -0.165. The largest absolute Gasteiger partial charge is 0.541 e. The Labute approximate surface area is 71.1 Å². The van der Waals surface area contributed by atoms with Crippen LogP contribution in [0.3, 0.4) is 0 Å². The van der Waals surface area contributed by atoms with Crippen LogP contribution < -0.4 is 9.67 Å². The zero-order chi connectivity index (χ0) is 9.30. The van der Waals surface area contributed by atoms with Crippen LogP contribution >= 0.6 is 0 Å². The van der Waals surface area contributed by atoms with Gasteiger partial charge in [-0.25, -0.2) is 9.13 Å². The van der Waals surface area contributed by atoms with Crippen LogP contribution in [0, 0.1) is 0 Å². The minimum Gasteiger partial charge on any atom is -0.541 e. The second kappa shape index (κ2) is 2.97. The molecule has 0 saturated heterocycles. The van der Waals surface area contributed by atoms with E-state index in [1.54, 1.807) is 22.4 Å². The molecular formula is C8H12N2O2. The Balaban J connectivity index is 3.26. The normalized spacial score (nSPS) is 10.2. The molecule has 0 fully saturated rings. The fourth-order valence-corrected chi connectivity index (χ4v) is 1.40. The fourth-order valence-electron chi connectivity index (χ4n) is 1.40. The molecule has 0 aromatic carbocycles. The lowest BCUT2D eigenvalue weighted by Crippen LogP contribution is -2.31. The number of carboxylic acids is 1. The third-order valence-corrected chi connectivity index (χ3v) is 2.00. The van der Waals surface area contributed by atoms with Crippen molar-refractivity contribution in [1.82, 2.24) is 4.57 Å². The zero-order valence-corrected chi connectivity index (χ0v) is 7.50. The van der Waals surface area contributed by atoms with Crippen molar-refractivity contribution in [1.29, 1.82) is 0 Å². The number of hydrogen-bond donors (Lipinski definition) is 0. The van der Waals surface area contributed by atoms with Gasteiger partial charge in [-0.05, 0) is 0 Å². The van der Waals surface area contributed by atoms with Gasteiger partial charge in [0.25, 0.3) is 5.82 Å². The molecule has 1 heterocycles. The number of aromatic nitrogens is 2. The molecule has 12 heavy (non-hydrogen) atoms. The van der Waals surface area contributed by atoms with Gasteiger partial charge in [-0.1, -0.05) is 6.92 Å². The summed E-state index contributed by atoms with van der Waals surface area (Å²) in [5.41, 5.74) is 0.217. The number of carbonyl (C=O) groups excluding carboxylic acids is 1. The lowest BCUT2D eigenvalue weighted by atomic mass is 10.4. The topological polar surface area (TPSA) is 48.9 Å². The van der Waals surface area contributed by atoms with E-state index in [-0.39, 0.29) is 5.69 Å². The number of hydrogen-bond acceptors (Lipinski definition) is 2. The molecule has 1 aromatic heterocycles. The maximum Gasteiger partial charge on any atom is 0.256 e. The van der Waals surface area contributed by atoms with Crippen molar-refractivity contribution in [3.63, 3.8) is 0 Å². The Morgan fingerprint density at radius 1 is 1.75 bits per heavy atom. The summed E-state index contributed by atoms with van der Waals surface area (Å²) in [4.78, 5) is 10.6. The highest BCUT2D eigenvalue weighted by Crippen LogP contribution is 1.99. The van der Waals surface area contributed by atoms with Crippen LogP contribution in [-0.4, -0.2) is 10.5 Å². The van der Waals surface area contributed by atoms with Crippen LogP contribution in [0.5, 0.6) is 0 Å². The average molecular weight is 168 g/mol. The Morgan fingerprint density at radius 2 is 2.33 bits per heavy atom. The van der Waals surface area contributed by atoms with Gasteiger partial charge in [-0.3, -0.25) is 0 Å². The minimum atomic E-state index is -1.13. The van der Waals surface area contributed by atoms with Gasteiger partial charge >= 0.3 is 0 Å². The summed E-state index contributed by atoms with van der Waals surface area (Å²) >= 11 is 0. The highest BCUT2D eigenvalue weighted by atomic mass is 16.4. The van der Waals surface area contributed by atoms with Gasteiger partial charge in [0.1, 0.15) is 12.2 Å². The van der Waals surface area contributed by atoms with Gasteiger partial charge in [0.2, 0.25) is 0 Å². The van der Waals surface area contributed by atoms with E-state index in [1.807, 2.05) is 14.0 Å². The van der Waals surface area contributed by atoms with Crippen LogP contribution in [0.4, 0.5) is 0 Å². The van der Waals surface area contributed by atoms with Crippen molar-refractivity contribution >= 4 is 5.97 Å². The maximum absolute atomic E-state index is 10.6. The SMILES string of the molecule is CCc1n(C)c(C(=O)[O-])c[n+]1C. The number of carboxylic acid groups (broad SMARTS) is 1. The second-order valence-electron chi connectivity index (χ2n) is 2.74. The first-order valence-electron chi connectivity index (χ1n) is 3.83. The Bertz CT molecular complexity index is 315. The molecule has 4 heteroatoms. The van der Waals surface area contributed by atoms with Crippen molar-refractivity contribution in [2.45, 2.75) is 13.3 Å². The van der Waals surface area contributed by atoms with Crippen molar-refractivity contribution in [2.24, 2.45) is 14.1 Å². The molecule has 0 aliphatic heterocycles. The van der Waals surface area contributed by atoms with E-state index in [2.05, 4.69) is 0 Å². The van der Waals surface area contributed by atoms with Crippen molar-refractivity contribution < 1.29 is 14.5 Å². The summed E-state index contributed by atoms with van der Waals surface area (Å²) in [6.07, 6.45) is 2.37. The molecule has 0 unspecified atom stereocenters. The van der Waals surface area contributed by atoms with Gasteiger partial charge in [-0.2, -0.15) is 0 Å². The Morgan fingerprint density at radius 3 is 2.58 bits per heavy atom. The summed E-state index contributed by atoms with van der Waals surface area (Å²) in [5, 5.41) is 10.6. The van der Waals surface area contributed by atoms with E-state index in [0.717, 1.165) is 12.2 Å². The van der Waals surface area contributed by atoms with E-state index in [4.69, 9.17) is 0 Å². The van der Waals surface area contributed by atoms with Gasteiger partial charge in [0, 0.05) is 6.42 Å². The summed E-state index contributed by atoms with van der Waals surface area (Å²) in [7, 11) is 3.55. The molecule has 66 valence electrons. The minimum absolute atomic E-state index is 0.217. The number of aromatic carboxylic acids is 1. The van der Waals surface area contributed by atoms with Gasteiger partial charge < -0.3 is 9.90 Å². The first-order chi connectivity index (χ1) is 5.57. The lowest BCUT2D eigenvalue weighted by Gasteiger charge is -1.96. The fraction of sp³-hybridized carbons (Fsp3) is 0.500. The number of nitrogens with zero attached hydrogens (tertiary/aromatic N) is 2. The summed E-state index contributed by atoms with van der Waals surface area (Å²) in [6, 6.07) is 0. The first kappa shape index (κ1) is 8.77. The molecule has 0 aliphatic rings. The predicted molar refractivity (Wildman–Crippen MR) is 40.3 cm³/mol. The van der Waals surface area contributed by atoms with Crippen LogP contribution in [0.25, 0.3) is 0 Å². The first-order valence-corrected chi connectivity index (χ1v) is 3.83. The van der Waals surface area contributed by atoms with Crippen molar-refractivity contribution in [3.05, 3.63) is 17.7 Å². The molecule has 1 rings (SSSR count). The van der Waals surface area contributed by atoms with E-state index < -0.39 is 5.97 Å². The van der Waals surface area contributed by atoms with Gasteiger partial charge in [-0.15, -0.1) is 0 Å². The van der Waals surface area contributed by atoms with Crippen LogP contribution in [0.1, 0.15) is 23.2 Å². The quantitative estimate of drug-likeness (QED) is 0.519. The highest BCUT2D eigenvalue weighted by molar-refractivity contribution is 5.83. The van der Waals surface area contributed by atoms with Crippen LogP contribution in [0.2, 0.25) is 0 Å². The standard InChI is InChI=1S/C8H12N2O2/c1-4-7-9(2)5-6(8(11)12)10(7)3/h5H,4H2,1-3H3. The van der Waals surface area contributed by atoms with E-state index >= 15 is 0 Å². The monoisotopic (exact) mass is 168 g/mol. The molecule has 0 aliphatic carbocycles. The number of carbonyl (C=O) groups is 1. The predicted octanol–water partition coefficient (Wildman–Crippen LogP) is -1.22. The highest BCUT2D eigenvalue weighted by Gasteiger charge is 2.16. The molecule has 0 atom stereocenters. The third-order valence-electron chi connectivity index (χ3n) is 2.00. The second-order valence-corrected chi connectivity index (χ2v) is 2.74. The van der Waals surface area contributed by atoms with Gasteiger partial charge in [0.05, 0.1) is 14.1 Å². The number of rotatable bonds is 2. The van der Waals surface area contributed by atoms with E-state index in [1.165, 1.54) is 0 Å². The molecule has 0 N–H and O–H groups in total. The average Bonchev–Trinajstić information content (AvgIpc) is 2.27. The number of imidazole rings is 1. The smallest absolute Gasteiger partial charge is 0.256 e. The molecule has 0 spiro atoms. The summed E-state index contributed by atoms with van der Waals surface area (Å²) < 4.78 is 3.43. The van der Waals surface area contributed by atoms with Crippen LogP contribution in [0.15, 0.2) is 6.20 Å². The van der Waals surface area contributed by atoms with E-state index in [9.17, 15) is 9.90 Å².